The minimum atomic E-state index is -0.0384. The summed E-state index contributed by atoms with van der Waals surface area (Å²) in [7, 11) is 0. The number of carbonyl (C=O) groups is 1. The molecule has 0 bridgehead atoms. The predicted molar refractivity (Wildman–Crippen MR) is 81.1 cm³/mol. The molecule has 0 aliphatic rings. The molecule has 0 aliphatic carbocycles. The van der Waals surface area contributed by atoms with Crippen molar-refractivity contribution in [3.8, 4) is 11.6 Å². The fraction of sp³-hybridized carbons (Fsp3) is 0.462. The molecular formula is C13H19N5O2S. The molecule has 0 saturated heterocycles. The monoisotopic (exact) mass is 309 g/mol. The molecule has 1 atom stereocenters. The molecule has 3 N–H and O–H groups in total. The summed E-state index contributed by atoms with van der Waals surface area (Å²) < 4.78 is 6.55. The number of nitrogens with one attached hydrogen (secondary N) is 1. The van der Waals surface area contributed by atoms with Crippen molar-refractivity contribution in [3.05, 3.63) is 18.4 Å². The molecule has 2 aromatic heterocycles. The molecule has 2 heterocycles. The van der Waals surface area contributed by atoms with Crippen LogP contribution in [0.5, 0.6) is 0 Å². The summed E-state index contributed by atoms with van der Waals surface area (Å²) in [5.74, 6) is 7.09. The van der Waals surface area contributed by atoms with E-state index in [-0.39, 0.29) is 17.7 Å². The van der Waals surface area contributed by atoms with Crippen molar-refractivity contribution in [2.45, 2.75) is 37.9 Å². The van der Waals surface area contributed by atoms with Gasteiger partial charge in [-0.3, -0.25) is 4.79 Å². The third-order valence-electron chi connectivity index (χ3n) is 2.87. The molecule has 7 nitrogen and oxygen atoms in total. The van der Waals surface area contributed by atoms with Crippen LogP contribution in [0.3, 0.4) is 0 Å². The van der Waals surface area contributed by atoms with Gasteiger partial charge in [0.1, 0.15) is 0 Å². The van der Waals surface area contributed by atoms with Gasteiger partial charge in [0.05, 0.1) is 12.0 Å². The van der Waals surface area contributed by atoms with Crippen LogP contribution >= 0.6 is 11.8 Å². The number of carbonyl (C=O) groups excluding carboxylic acids is 1. The van der Waals surface area contributed by atoms with Crippen LogP contribution in [0.25, 0.3) is 11.6 Å². The summed E-state index contributed by atoms with van der Waals surface area (Å²) in [5.41, 5.74) is 0. The second-order valence-corrected chi connectivity index (χ2v) is 5.64. The Morgan fingerprint density at radius 2 is 2.38 bits per heavy atom. The van der Waals surface area contributed by atoms with Crippen LogP contribution < -0.4 is 11.2 Å². The predicted octanol–water partition coefficient (Wildman–Crippen LogP) is 1.65. The van der Waals surface area contributed by atoms with Crippen LogP contribution in [-0.2, 0) is 4.79 Å². The van der Waals surface area contributed by atoms with E-state index in [4.69, 9.17) is 10.3 Å². The maximum atomic E-state index is 11.8. The van der Waals surface area contributed by atoms with E-state index in [1.54, 1.807) is 18.4 Å². The standard InChI is InChI=1S/C13H19N5O2S/c1-3-5-9(2)15-11(19)8-21-13-17-16-12(18(13)14)10-6-4-7-20-10/h4,6-7,9H,3,5,8,14H2,1-2H3,(H,15,19)/t9-/m1/s1. The highest BCUT2D eigenvalue weighted by Crippen LogP contribution is 2.21. The highest BCUT2D eigenvalue weighted by molar-refractivity contribution is 7.99. The molecule has 0 spiro atoms. The summed E-state index contributed by atoms with van der Waals surface area (Å²) in [4.78, 5) is 11.8. The van der Waals surface area contributed by atoms with E-state index in [1.165, 1.54) is 16.4 Å². The first kappa shape index (κ1) is 15.4. The van der Waals surface area contributed by atoms with E-state index in [0.717, 1.165) is 12.8 Å². The summed E-state index contributed by atoms with van der Waals surface area (Å²) in [6.07, 6.45) is 3.55. The SMILES string of the molecule is CCC[C@@H](C)NC(=O)CSc1nnc(-c2ccco2)n1N. The van der Waals surface area contributed by atoms with Crippen LogP contribution in [0.1, 0.15) is 26.7 Å². The highest BCUT2D eigenvalue weighted by Gasteiger charge is 2.15. The number of amides is 1. The van der Waals surface area contributed by atoms with Gasteiger partial charge in [0.2, 0.25) is 16.9 Å². The van der Waals surface area contributed by atoms with Gasteiger partial charge in [-0.1, -0.05) is 25.1 Å². The first-order valence-electron chi connectivity index (χ1n) is 6.78. The zero-order valence-electron chi connectivity index (χ0n) is 12.1. The fourth-order valence-electron chi connectivity index (χ4n) is 1.90. The first-order chi connectivity index (χ1) is 10.1. The van der Waals surface area contributed by atoms with Gasteiger partial charge in [-0.2, -0.15) is 0 Å². The van der Waals surface area contributed by atoms with E-state index < -0.39 is 0 Å². The van der Waals surface area contributed by atoms with Gasteiger partial charge in [-0.05, 0) is 25.5 Å². The Hall–Kier alpha value is -1.96. The molecule has 21 heavy (non-hydrogen) atoms. The topological polar surface area (TPSA) is 99.0 Å². The summed E-state index contributed by atoms with van der Waals surface area (Å²) in [5, 5.41) is 11.3. The molecule has 0 aliphatic heterocycles. The summed E-state index contributed by atoms with van der Waals surface area (Å²) >= 11 is 1.24. The number of hydrogen-bond donors (Lipinski definition) is 2. The zero-order chi connectivity index (χ0) is 15.2. The number of furan rings is 1. The quantitative estimate of drug-likeness (QED) is 0.596. The van der Waals surface area contributed by atoms with E-state index in [1.807, 2.05) is 6.92 Å². The molecule has 1 amide bonds. The van der Waals surface area contributed by atoms with Crippen molar-refractivity contribution >= 4 is 17.7 Å². The lowest BCUT2D eigenvalue weighted by molar-refractivity contribution is -0.119. The minimum absolute atomic E-state index is 0.0384. The average Bonchev–Trinajstić information content (AvgIpc) is 3.06. The lowest BCUT2D eigenvalue weighted by atomic mass is 10.2. The molecule has 0 unspecified atom stereocenters. The largest absolute Gasteiger partial charge is 0.461 e. The maximum Gasteiger partial charge on any atom is 0.230 e. The molecule has 114 valence electrons. The molecule has 2 rings (SSSR count). The average molecular weight is 309 g/mol. The van der Waals surface area contributed by atoms with E-state index >= 15 is 0 Å². The molecule has 0 radical (unpaired) electrons. The van der Waals surface area contributed by atoms with Crippen molar-refractivity contribution in [2.75, 3.05) is 11.6 Å². The molecule has 0 aromatic carbocycles. The van der Waals surface area contributed by atoms with Gasteiger partial charge in [0.25, 0.3) is 0 Å². The molecule has 2 aromatic rings. The van der Waals surface area contributed by atoms with Crippen molar-refractivity contribution in [1.82, 2.24) is 20.2 Å². The van der Waals surface area contributed by atoms with Crippen LogP contribution in [0.2, 0.25) is 0 Å². The maximum absolute atomic E-state index is 11.8. The number of nitrogen functional groups attached to an aromatic ring is 1. The van der Waals surface area contributed by atoms with Crippen molar-refractivity contribution in [3.63, 3.8) is 0 Å². The van der Waals surface area contributed by atoms with E-state index in [9.17, 15) is 4.79 Å². The Morgan fingerprint density at radius 1 is 1.57 bits per heavy atom. The third-order valence-corrected chi connectivity index (χ3v) is 3.81. The lowest BCUT2D eigenvalue weighted by Gasteiger charge is -2.12. The Labute approximate surface area is 127 Å². The Kier molecular flexibility index (Phi) is 5.26. The molecular weight excluding hydrogens is 290 g/mol. The van der Waals surface area contributed by atoms with E-state index in [2.05, 4.69) is 22.4 Å². The number of nitrogens with zero attached hydrogens (tertiary/aromatic N) is 3. The van der Waals surface area contributed by atoms with Gasteiger partial charge < -0.3 is 15.6 Å². The minimum Gasteiger partial charge on any atom is -0.461 e. The zero-order valence-corrected chi connectivity index (χ0v) is 12.9. The van der Waals surface area contributed by atoms with Crippen molar-refractivity contribution in [2.24, 2.45) is 0 Å². The van der Waals surface area contributed by atoms with Crippen molar-refractivity contribution in [1.29, 1.82) is 0 Å². The molecule has 0 fully saturated rings. The third kappa shape index (κ3) is 4.01. The summed E-state index contributed by atoms with van der Waals surface area (Å²) in [6, 6.07) is 3.68. The van der Waals surface area contributed by atoms with Gasteiger partial charge in [-0.25, -0.2) is 4.68 Å². The summed E-state index contributed by atoms with van der Waals surface area (Å²) in [6.45, 7) is 4.08. The number of nitrogens with two attached hydrogens (primary N) is 1. The van der Waals surface area contributed by atoms with Crippen LogP contribution in [-0.4, -0.2) is 32.6 Å². The number of aromatic nitrogens is 3. The van der Waals surface area contributed by atoms with Crippen LogP contribution in [0, 0.1) is 0 Å². The normalized spacial score (nSPS) is 12.3. The van der Waals surface area contributed by atoms with Gasteiger partial charge in [0, 0.05) is 6.04 Å². The fourth-order valence-corrected chi connectivity index (χ4v) is 2.57. The second kappa shape index (κ2) is 7.16. The number of thioether (sulfide) groups is 1. The van der Waals surface area contributed by atoms with Crippen LogP contribution in [0.15, 0.2) is 28.0 Å². The first-order valence-corrected chi connectivity index (χ1v) is 7.77. The lowest BCUT2D eigenvalue weighted by Crippen LogP contribution is -2.33. The van der Waals surface area contributed by atoms with Gasteiger partial charge in [-0.15, -0.1) is 10.2 Å². The second-order valence-electron chi connectivity index (χ2n) is 4.70. The Balaban J connectivity index is 1.91. The van der Waals surface area contributed by atoms with Gasteiger partial charge >= 0.3 is 0 Å². The van der Waals surface area contributed by atoms with Crippen LogP contribution in [0.4, 0.5) is 0 Å². The van der Waals surface area contributed by atoms with Crippen molar-refractivity contribution < 1.29 is 9.21 Å². The number of rotatable bonds is 7. The van der Waals surface area contributed by atoms with Gasteiger partial charge in [0.15, 0.2) is 5.76 Å². The highest BCUT2D eigenvalue weighted by atomic mass is 32.2. The van der Waals surface area contributed by atoms with E-state index in [0.29, 0.717) is 16.7 Å². The Bertz CT molecular complexity index is 581. The molecule has 0 saturated carbocycles. The molecule has 8 heteroatoms. The Morgan fingerprint density at radius 3 is 3.05 bits per heavy atom. The smallest absolute Gasteiger partial charge is 0.230 e. The number of hydrogen-bond acceptors (Lipinski definition) is 6.